The van der Waals surface area contributed by atoms with Crippen LogP contribution in [0.4, 0.5) is 0 Å². The summed E-state index contributed by atoms with van der Waals surface area (Å²) in [6, 6.07) is 29.9. The molecule has 0 spiro atoms. The number of rotatable bonds is 16. The third-order valence-electron chi connectivity index (χ3n) is 21.3. The highest BCUT2D eigenvalue weighted by Gasteiger charge is 2.63. The highest BCUT2D eigenvalue weighted by atomic mass is 16.5. The summed E-state index contributed by atoms with van der Waals surface area (Å²) in [4.78, 5) is 52.7. The van der Waals surface area contributed by atoms with Crippen molar-refractivity contribution < 1.29 is 69.2 Å². The Morgan fingerprint density at radius 2 is 0.946 bits per heavy atom. The maximum absolute atomic E-state index is 11.2. The van der Waals surface area contributed by atoms with Gasteiger partial charge in [-0.05, 0) is 232 Å². The molecule has 6 bridgehead atoms. The van der Waals surface area contributed by atoms with Gasteiger partial charge in [-0.25, -0.2) is 0 Å². The number of aliphatic carboxylic acids is 3. The van der Waals surface area contributed by atoms with Crippen molar-refractivity contribution in [2.24, 2.45) is 76.9 Å². The number of para-hydroxylation sites is 1. The first kappa shape index (κ1) is 82.5. The topological polar surface area (TPSA) is 245 Å². The maximum Gasteiger partial charge on any atom is 0.308 e. The summed E-state index contributed by atoms with van der Waals surface area (Å²) < 4.78 is 8.93. The quantitative estimate of drug-likeness (QED) is 0.0408. The van der Waals surface area contributed by atoms with Gasteiger partial charge >= 0.3 is 29.8 Å². The lowest BCUT2D eigenvalue weighted by Gasteiger charge is -2.37. The van der Waals surface area contributed by atoms with Gasteiger partial charge in [-0.15, -0.1) is 0 Å². The average molecular weight is 1300 g/mol. The van der Waals surface area contributed by atoms with Crippen LogP contribution >= 0.6 is 0 Å². The van der Waals surface area contributed by atoms with Crippen molar-refractivity contribution >= 4 is 29.8 Å². The Balaban J connectivity index is 0.000000360. The lowest BCUT2D eigenvalue weighted by Crippen LogP contribution is -2.35. The predicted octanol–water partition coefficient (Wildman–Crippen LogP) is 19.2. The zero-order valence-corrected chi connectivity index (χ0v) is 59.8. The van der Waals surface area contributed by atoms with Crippen molar-refractivity contribution in [1.82, 2.24) is 0 Å². The number of hydrogen-bond acceptors (Lipinski definition) is 11. The van der Waals surface area contributed by atoms with E-state index in [-0.39, 0.29) is 46.9 Å². The number of ether oxygens (including phenoxy) is 2. The zero-order valence-electron chi connectivity index (χ0n) is 59.8. The first-order valence-electron chi connectivity index (χ1n) is 34.9. The second-order valence-electron chi connectivity index (χ2n) is 27.7. The van der Waals surface area contributed by atoms with Crippen LogP contribution in [0.15, 0.2) is 97.1 Å². The summed E-state index contributed by atoms with van der Waals surface area (Å²) in [5.74, 6) is 7.32. The van der Waals surface area contributed by atoms with Gasteiger partial charge in [-0.1, -0.05) is 165 Å². The fourth-order valence-electron chi connectivity index (χ4n) is 13.7. The largest absolute Gasteiger partial charge is 0.508 e. The van der Waals surface area contributed by atoms with Crippen LogP contribution in [-0.4, -0.2) is 79.8 Å². The van der Waals surface area contributed by atoms with Gasteiger partial charge in [0.05, 0.1) is 43.8 Å². The van der Waals surface area contributed by atoms with Crippen molar-refractivity contribution in [3.8, 4) is 23.0 Å². The molecule has 6 fully saturated rings. The highest BCUT2D eigenvalue weighted by Crippen LogP contribution is 2.68. The molecule has 0 saturated heterocycles. The Labute approximate surface area is 559 Å². The Morgan fingerprint density at radius 3 is 1.33 bits per heavy atom. The van der Waals surface area contributed by atoms with E-state index in [0.29, 0.717) is 52.6 Å². The van der Waals surface area contributed by atoms with Crippen LogP contribution < -0.4 is 0 Å². The van der Waals surface area contributed by atoms with Crippen molar-refractivity contribution in [3.05, 3.63) is 119 Å². The van der Waals surface area contributed by atoms with E-state index in [0.717, 1.165) is 98.9 Å². The van der Waals surface area contributed by atoms with Crippen LogP contribution in [0, 0.1) is 76.9 Å². The molecule has 6 aliphatic carbocycles. The minimum atomic E-state index is -0.706. The molecule has 14 heteroatoms. The molecule has 6 aliphatic rings. The van der Waals surface area contributed by atoms with Gasteiger partial charge in [0.1, 0.15) is 23.0 Å². The summed E-state index contributed by atoms with van der Waals surface area (Å²) in [6.45, 7) is 30.7. The molecule has 7 N–H and O–H groups in total. The molecule has 0 heterocycles. The van der Waals surface area contributed by atoms with Crippen LogP contribution in [0.1, 0.15) is 247 Å². The average Bonchev–Trinajstić information content (AvgIpc) is 1.55. The maximum atomic E-state index is 11.2. The molecule has 4 aromatic carbocycles. The van der Waals surface area contributed by atoms with Gasteiger partial charge in [0, 0.05) is 0 Å². The Hall–Kier alpha value is -6.57. The van der Waals surface area contributed by atoms with E-state index in [1.165, 1.54) is 75.9 Å². The van der Waals surface area contributed by atoms with Gasteiger partial charge in [0.2, 0.25) is 0 Å². The number of phenolic OH excluding ortho intramolecular Hbond substituents is 4. The molecule has 0 aliphatic heterocycles. The minimum absolute atomic E-state index is 0.0127. The zero-order chi connectivity index (χ0) is 70.3. The molecule has 0 amide bonds. The minimum Gasteiger partial charge on any atom is -0.508 e. The van der Waals surface area contributed by atoms with E-state index in [1.807, 2.05) is 95.3 Å². The normalized spacial score (nSPS) is 23.7. The lowest BCUT2D eigenvalue weighted by molar-refractivity contribution is -0.146. The molecule has 14 nitrogen and oxygen atoms in total. The number of phenols is 4. The molecule has 6 saturated carbocycles. The molecule has 522 valence electrons. The predicted molar refractivity (Wildman–Crippen MR) is 374 cm³/mol. The second kappa shape index (κ2) is 42.0. The SMILES string of the molecule is CCC(C)(C)c1ccc(O)cc1.CCC(C)C(=O)O.CCC(C)C(=O)OC.CCC(C)C(=O)OC.CCC(C)c1ccc(O)cc1.CCC(C)c1cccc(O)c1.CCC(C)c1ccccc1O.O=C(O)C1CC2CC1C1C3CCC(C3)C21.O=C(O)C1CC2CCC1C2. The number of carboxylic acid groups (broad SMARTS) is 3. The molecule has 4 aromatic rings. The Morgan fingerprint density at radius 1 is 0.462 bits per heavy atom. The summed E-state index contributed by atoms with van der Waals surface area (Å²) in [5, 5.41) is 62.8. The van der Waals surface area contributed by atoms with Gasteiger partial charge in [-0.3, -0.25) is 24.0 Å². The molecule has 0 aromatic heterocycles. The summed E-state index contributed by atoms with van der Waals surface area (Å²) >= 11 is 0. The summed E-state index contributed by atoms with van der Waals surface area (Å²) in [7, 11) is 2.82. The van der Waals surface area contributed by atoms with Crippen LogP contribution in [0.25, 0.3) is 0 Å². The van der Waals surface area contributed by atoms with Crippen LogP contribution in [0.3, 0.4) is 0 Å². The second-order valence-corrected chi connectivity index (χ2v) is 27.7. The van der Waals surface area contributed by atoms with Gasteiger partial charge in [0.25, 0.3) is 0 Å². The fraction of sp³-hybridized carbons (Fsp3) is 0.633. The number of carbonyl (C=O) groups excluding carboxylic acids is 2. The summed E-state index contributed by atoms with van der Waals surface area (Å²) in [5.41, 5.74) is 5.06. The monoisotopic (exact) mass is 1290 g/mol. The van der Waals surface area contributed by atoms with E-state index in [4.69, 9.17) is 25.5 Å². The van der Waals surface area contributed by atoms with Crippen molar-refractivity contribution in [2.45, 2.75) is 230 Å². The van der Waals surface area contributed by atoms with Gasteiger partial charge in [-0.2, -0.15) is 0 Å². The Kier molecular flexibility index (Phi) is 37.3. The number of fused-ring (bicyclic) bond motifs is 11. The van der Waals surface area contributed by atoms with E-state index in [2.05, 4.69) is 71.8 Å². The molecular weight excluding hydrogens is 1170 g/mol. The molecular formula is C79H122O14. The van der Waals surface area contributed by atoms with Gasteiger partial charge in [0.15, 0.2) is 0 Å². The van der Waals surface area contributed by atoms with E-state index in [9.17, 15) is 34.2 Å². The Bertz CT molecular complexity index is 2770. The summed E-state index contributed by atoms with van der Waals surface area (Å²) in [6.07, 6.45) is 18.0. The molecule has 10 rings (SSSR count). The van der Waals surface area contributed by atoms with E-state index in [1.54, 1.807) is 43.3 Å². The van der Waals surface area contributed by atoms with Crippen LogP contribution in [0.2, 0.25) is 0 Å². The number of esters is 2. The molecule has 93 heavy (non-hydrogen) atoms. The number of carbonyl (C=O) groups is 5. The standard InChI is InChI=1S/C13H18O2.C11H16O.3C10H14O.C8H12O2.2C6H12O2.C5H10O2/c14-13(15)10-5-8-4-9(10)12-7-2-1-6(3-7)11(8)12;1-4-11(2,3)9-5-7-10(12)8-6-9;1-3-8(2)9-4-6-10(11)7-5-9;1-3-8(2)9-5-4-6-10(11)7-9;1-3-8(2)9-6-4-5-7-10(9)11;9-8(10)7-4-5-1-2-6(7)3-5;2*1-4-5(2)6(7)8-3;1-3-4(2)5(6)7/h6-12H,1-5H2,(H,14,15);5-8,12H,4H2,1-3H3;3*4-8,11H,3H2,1-2H3;5-7H,1-4H2,(H,9,10);2*5H,4H2,1-3H3;4H,3H2,1-2H3,(H,6,7). The first-order valence-corrected chi connectivity index (χ1v) is 34.9. The number of methoxy groups -OCH3 is 2. The van der Waals surface area contributed by atoms with Crippen molar-refractivity contribution in [3.63, 3.8) is 0 Å². The first-order chi connectivity index (χ1) is 43.9. The van der Waals surface area contributed by atoms with E-state index >= 15 is 0 Å². The number of aromatic hydroxyl groups is 4. The highest BCUT2D eigenvalue weighted by molar-refractivity contribution is 5.72. The van der Waals surface area contributed by atoms with Crippen LogP contribution in [0.5, 0.6) is 23.0 Å². The number of benzene rings is 4. The van der Waals surface area contributed by atoms with Crippen molar-refractivity contribution in [2.75, 3.05) is 14.2 Å². The number of carboxylic acids is 3. The molecule has 16 unspecified atom stereocenters. The third kappa shape index (κ3) is 26.6. The molecule has 0 radical (unpaired) electrons. The van der Waals surface area contributed by atoms with Gasteiger partial charge < -0.3 is 45.2 Å². The van der Waals surface area contributed by atoms with Crippen LogP contribution in [-0.2, 0) is 38.9 Å². The lowest BCUT2D eigenvalue weighted by atomic mass is 9.67. The number of hydrogen-bond donors (Lipinski definition) is 7. The third-order valence-corrected chi connectivity index (χ3v) is 21.3. The smallest absolute Gasteiger partial charge is 0.308 e. The van der Waals surface area contributed by atoms with Crippen molar-refractivity contribution in [1.29, 1.82) is 0 Å². The fourth-order valence-corrected chi connectivity index (χ4v) is 13.7. The van der Waals surface area contributed by atoms with E-state index < -0.39 is 17.9 Å². The molecule has 16 atom stereocenters.